The molecule has 7 nitrogen and oxygen atoms in total. The Hall–Kier alpha value is -4.85. The second-order valence-corrected chi connectivity index (χ2v) is 10.3. The van der Waals surface area contributed by atoms with Crippen LogP contribution in [0.5, 0.6) is 23.0 Å². The lowest BCUT2D eigenvalue weighted by Crippen LogP contribution is -2.09. The molecule has 0 radical (unpaired) electrons. The Balaban J connectivity index is 1.12. The Morgan fingerprint density at radius 3 is 2.52 bits per heavy atom. The van der Waals surface area contributed by atoms with Gasteiger partial charge in [0.2, 0.25) is 0 Å². The van der Waals surface area contributed by atoms with E-state index in [1.165, 1.54) is 13.2 Å². The second kappa shape index (κ2) is 11.9. The smallest absolute Gasteiger partial charge is 0.338 e. The van der Waals surface area contributed by atoms with E-state index in [0.717, 1.165) is 16.7 Å². The molecule has 214 valence electrons. The van der Waals surface area contributed by atoms with Crippen LogP contribution in [0.4, 0.5) is 4.39 Å². The van der Waals surface area contributed by atoms with Crippen molar-refractivity contribution in [1.82, 2.24) is 0 Å². The molecular weight excluding hydrogens is 539 g/mol. The SMILES string of the molecule is COC(=O)C[C@@H]1COc2cc(O[C@@H]3CCc4c(Oc5ccc(C(=O)OCc6ccccc6)cc5)ccc(F)c43)ccc21. The number of ether oxygens (including phenoxy) is 5. The molecule has 0 amide bonds. The maximum Gasteiger partial charge on any atom is 0.338 e. The van der Waals surface area contributed by atoms with Crippen molar-refractivity contribution < 1.29 is 37.7 Å². The summed E-state index contributed by atoms with van der Waals surface area (Å²) < 4.78 is 43.4. The molecule has 0 N–H and O–H groups in total. The van der Waals surface area contributed by atoms with Crippen molar-refractivity contribution in [3.63, 3.8) is 0 Å². The van der Waals surface area contributed by atoms with E-state index in [4.69, 9.17) is 23.7 Å². The summed E-state index contributed by atoms with van der Waals surface area (Å²) in [6.45, 7) is 0.586. The normalized spacial score (nSPS) is 16.6. The molecule has 1 heterocycles. The summed E-state index contributed by atoms with van der Waals surface area (Å²) in [5, 5.41) is 0. The molecule has 0 spiro atoms. The summed E-state index contributed by atoms with van der Waals surface area (Å²) in [4.78, 5) is 24.2. The fourth-order valence-electron chi connectivity index (χ4n) is 5.40. The van der Waals surface area contributed by atoms with Crippen LogP contribution in [0.2, 0.25) is 0 Å². The molecule has 0 unspecified atom stereocenters. The Labute approximate surface area is 242 Å². The van der Waals surface area contributed by atoms with Crippen LogP contribution < -0.4 is 14.2 Å². The predicted octanol–water partition coefficient (Wildman–Crippen LogP) is 7.08. The van der Waals surface area contributed by atoms with Gasteiger partial charge in [-0.25, -0.2) is 9.18 Å². The number of halogens is 1. The summed E-state index contributed by atoms with van der Waals surface area (Å²) >= 11 is 0. The van der Waals surface area contributed by atoms with Crippen molar-refractivity contribution in [1.29, 1.82) is 0 Å². The fourth-order valence-corrected chi connectivity index (χ4v) is 5.40. The second-order valence-electron chi connectivity index (χ2n) is 10.3. The number of hydrogen-bond acceptors (Lipinski definition) is 7. The number of methoxy groups -OCH3 is 1. The van der Waals surface area contributed by atoms with Crippen molar-refractivity contribution >= 4 is 11.9 Å². The highest BCUT2D eigenvalue weighted by Gasteiger charge is 2.32. The first-order valence-electron chi connectivity index (χ1n) is 13.8. The largest absolute Gasteiger partial charge is 0.492 e. The molecule has 8 heteroatoms. The molecule has 4 aromatic carbocycles. The van der Waals surface area contributed by atoms with Gasteiger partial charge in [0.1, 0.15) is 41.5 Å². The van der Waals surface area contributed by atoms with Gasteiger partial charge in [-0.1, -0.05) is 36.4 Å². The predicted molar refractivity (Wildman–Crippen MR) is 151 cm³/mol. The molecule has 0 fully saturated rings. The van der Waals surface area contributed by atoms with Gasteiger partial charge in [0.05, 0.1) is 25.7 Å². The molecule has 0 saturated heterocycles. The number of esters is 2. The highest BCUT2D eigenvalue weighted by Crippen LogP contribution is 2.44. The molecular formula is C34H29FO7. The number of carbonyl (C=O) groups is 2. The van der Waals surface area contributed by atoms with Crippen LogP contribution in [-0.4, -0.2) is 25.7 Å². The molecule has 2 atom stereocenters. The first-order chi connectivity index (χ1) is 20.5. The van der Waals surface area contributed by atoms with E-state index >= 15 is 4.39 Å². The molecule has 0 bridgehead atoms. The number of fused-ring (bicyclic) bond motifs is 2. The number of hydrogen-bond donors (Lipinski definition) is 0. The van der Waals surface area contributed by atoms with Gasteiger partial charge in [-0.05, 0) is 60.9 Å². The molecule has 2 aliphatic rings. The summed E-state index contributed by atoms with van der Waals surface area (Å²) in [5.41, 5.74) is 3.47. The topological polar surface area (TPSA) is 80.3 Å². The van der Waals surface area contributed by atoms with Gasteiger partial charge >= 0.3 is 11.9 Å². The number of carbonyl (C=O) groups excluding carboxylic acids is 2. The lowest BCUT2D eigenvalue weighted by molar-refractivity contribution is -0.141. The Morgan fingerprint density at radius 2 is 1.74 bits per heavy atom. The van der Waals surface area contributed by atoms with Crippen LogP contribution in [0.1, 0.15) is 57.5 Å². The summed E-state index contributed by atoms with van der Waals surface area (Å²) in [5.74, 6) is 1.14. The van der Waals surface area contributed by atoms with Crippen LogP contribution in [0.25, 0.3) is 0 Å². The Kier molecular flexibility index (Phi) is 7.77. The van der Waals surface area contributed by atoms with Crippen molar-refractivity contribution in [3.05, 3.63) is 119 Å². The van der Waals surface area contributed by atoms with E-state index in [2.05, 4.69) is 0 Å². The first-order valence-corrected chi connectivity index (χ1v) is 13.8. The third-order valence-corrected chi connectivity index (χ3v) is 7.55. The van der Waals surface area contributed by atoms with Crippen molar-refractivity contribution in [2.45, 2.75) is 37.9 Å². The van der Waals surface area contributed by atoms with Gasteiger partial charge in [0, 0.05) is 28.7 Å². The average Bonchev–Trinajstić information content (AvgIpc) is 3.62. The van der Waals surface area contributed by atoms with Crippen molar-refractivity contribution in [2.75, 3.05) is 13.7 Å². The van der Waals surface area contributed by atoms with Gasteiger partial charge in [-0.3, -0.25) is 4.79 Å². The summed E-state index contributed by atoms with van der Waals surface area (Å²) in [6.07, 6.45) is 0.923. The van der Waals surface area contributed by atoms with E-state index in [9.17, 15) is 9.59 Å². The van der Waals surface area contributed by atoms with Crippen LogP contribution >= 0.6 is 0 Å². The number of benzene rings is 4. The van der Waals surface area contributed by atoms with E-state index in [1.807, 2.05) is 42.5 Å². The summed E-state index contributed by atoms with van der Waals surface area (Å²) in [7, 11) is 1.37. The standard InChI is InChI=1S/C34H29FO7/c1-38-32(36)17-23-20-39-31-18-25(11-12-26(23)31)42-30-15-13-27-29(16-14-28(35)33(27)30)41-24-9-7-22(8-10-24)34(37)40-19-21-5-3-2-4-6-21/h2-12,14,16,18,23,30H,13,15,17,19-20H2,1H3/t23-,30-/m1/s1. The maximum absolute atomic E-state index is 15.1. The zero-order chi connectivity index (χ0) is 29.1. The lowest BCUT2D eigenvalue weighted by atomic mass is 9.98. The number of rotatable bonds is 9. The molecule has 4 aromatic rings. The minimum atomic E-state index is -0.490. The third-order valence-electron chi connectivity index (χ3n) is 7.55. The van der Waals surface area contributed by atoms with Crippen LogP contribution in [0.15, 0.2) is 84.9 Å². The quantitative estimate of drug-likeness (QED) is 0.200. The third kappa shape index (κ3) is 5.79. The van der Waals surface area contributed by atoms with Crippen LogP contribution in [0, 0.1) is 5.82 Å². The van der Waals surface area contributed by atoms with E-state index in [-0.39, 0.29) is 30.7 Å². The lowest BCUT2D eigenvalue weighted by Gasteiger charge is -2.17. The van der Waals surface area contributed by atoms with E-state index in [1.54, 1.807) is 36.4 Å². The van der Waals surface area contributed by atoms with Crippen LogP contribution in [0.3, 0.4) is 0 Å². The van der Waals surface area contributed by atoms with Gasteiger partial charge < -0.3 is 23.7 Å². The van der Waals surface area contributed by atoms with Gasteiger partial charge in [0.25, 0.3) is 0 Å². The van der Waals surface area contributed by atoms with Gasteiger partial charge in [-0.2, -0.15) is 0 Å². The Bertz CT molecular complexity index is 1600. The van der Waals surface area contributed by atoms with Crippen molar-refractivity contribution in [2.24, 2.45) is 0 Å². The minimum Gasteiger partial charge on any atom is -0.492 e. The van der Waals surface area contributed by atoms with Gasteiger partial charge in [-0.15, -0.1) is 0 Å². The molecule has 1 aliphatic carbocycles. The van der Waals surface area contributed by atoms with E-state index < -0.39 is 12.1 Å². The van der Waals surface area contributed by atoms with E-state index in [0.29, 0.717) is 53.6 Å². The molecule has 1 aliphatic heterocycles. The highest BCUT2D eigenvalue weighted by atomic mass is 19.1. The molecule has 0 saturated carbocycles. The molecule has 42 heavy (non-hydrogen) atoms. The minimum absolute atomic E-state index is 0.0696. The highest BCUT2D eigenvalue weighted by molar-refractivity contribution is 5.89. The zero-order valence-corrected chi connectivity index (χ0v) is 23.0. The van der Waals surface area contributed by atoms with Crippen molar-refractivity contribution in [3.8, 4) is 23.0 Å². The average molecular weight is 569 g/mol. The van der Waals surface area contributed by atoms with Gasteiger partial charge in [0.15, 0.2) is 0 Å². The maximum atomic E-state index is 15.1. The van der Waals surface area contributed by atoms with Crippen LogP contribution in [-0.2, 0) is 27.3 Å². The monoisotopic (exact) mass is 568 g/mol. The molecule has 6 rings (SSSR count). The first kappa shape index (κ1) is 27.3. The Morgan fingerprint density at radius 1 is 0.952 bits per heavy atom. The zero-order valence-electron chi connectivity index (χ0n) is 23.0. The fraction of sp³-hybridized carbons (Fsp3) is 0.235. The summed E-state index contributed by atoms with van der Waals surface area (Å²) in [6, 6.07) is 24.6. The molecule has 0 aromatic heterocycles.